The molecular formula is C27H24F3N7O2. The number of carbonyl (C=O) groups excluding carboxylic acids is 2. The maximum absolute atomic E-state index is 13.0. The number of alkyl halides is 3. The van der Waals surface area contributed by atoms with E-state index in [9.17, 15) is 22.8 Å². The first-order valence-electron chi connectivity index (χ1n) is 12.6. The molecule has 200 valence electrons. The van der Waals surface area contributed by atoms with Crippen molar-refractivity contribution in [2.24, 2.45) is 0 Å². The van der Waals surface area contributed by atoms with E-state index in [4.69, 9.17) is 10.7 Å². The van der Waals surface area contributed by atoms with Gasteiger partial charge in [-0.05, 0) is 43.5 Å². The molecule has 9 nitrogen and oxygen atoms in total. The number of nitrogen functional groups attached to an aromatic ring is 1. The maximum Gasteiger partial charge on any atom is 0.416 e. The number of benzene rings is 1. The van der Waals surface area contributed by atoms with Crippen molar-refractivity contribution in [2.45, 2.75) is 43.8 Å². The van der Waals surface area contributed by atoms with Crippen LogP contribution in [0.15, 0.2) is 55.0 Å². The second-order valence-corrected chi connectivity index (χ2v) is 9.82. The second-order valence-electron chi connectivity index (χ2n) is 9.82. The predicted molar refractivity (Wildman–Crippen MR) is 137 cm³/mol. The van der Waals surface area contributed by atoms with Crippen LogP contribution in [0.5, 0.6) is 0 Å². The van der Waals surface area contributed by atoms with Gasteiger partial charge in [-0.25, -0.2) is 15.0 Å². The highest BCUT2D eigenvalue weighted by Gasteiger charge is 2.38. The first-order chi connectivity index (χ1) is 18.7. The van der Waals surface area contributed by atoms with E-state index in [1.54, 1.807) is 36.7 Å². The number of hydrogen-bond donors (Lipinski definition) is 2. The molecule has 2 amide bonds. The van der Waals surface area contributed by atoms with Crippen molar-refractivity contribution in [1.82, 2.24) is 24.3 Å². The lowest BCUT2D eigenvalue weighted by Crippen LogP contribution is -2.41. The lowest BCUT2D eigenvalue weighted by Gasteiger charge is -2.34. The Morgan fingerprint density at radius 1 is 1.05 bits per heavy atom. The number of nitrogens with zero attached hydrogens (tertiary/aromatic N) is 5. The average Bonchev–Trinajstić information content (AvgIpc) is 3.50. The Labute approximate surface area is 220 Å². The fraction of sp³-hybridized carbons (Fsp3) is 0.296. The number of halogens is 3. The average molecular weight is 536 g/mol. The molecule has 2 fully saturated rings. The van der Waals surface area contributed by atoms with Gasteiger partial charge >= 0.3 is 6.18 Å². The number of aromatic nitrogens is 4. The van der Waals surface area contributed by atoms with Crippen LogP contribution in [-0.2, 0) is 11.0 Å². The van der Waals surface area contributed by atoms with Gasteiger partial charge in [0.1, 0.15) is 28.7 Å². The zero-order valence-corrected chi connectivity index (χ0v) is 20.7. The van der Waals surface area contributed by atoms with Gasteiger partial charge in [0.15, 0.2) is 0 Å². The van der Waals surface area contributed by atoms with Crippen molar-refractivity contribution in [1.29, 1.82) is 0 Å². The van der Waals surface area contributed by atoms with Crippen LogP contribution in [0.4, 0.5) is 24.8 Å². The minimum atomic E-state index is -4.55. The summed E-state index contributed by atoms with van der Waals surface area (Å²) in [5.74, 6) is 0.516. The molecule has 2 atom stereocenters. The number of imidazole rings is 1. The summed E-state index contributed by atoms with van der Waals surface area (Å²) < 4.78 is 40.9. The molecule has 0 aliphatic carbocycles. The second kappa shape index (κ2) is 9.37. The maximum atomic E-state index is 13.0. The van der Waals surface area contributed by atoms with Crippen molar-refractivity contribution < 1.29 is 22.8 Å². The number of nitrogens with one attached hydrogen (secondary N) is 1. The van der Waals surface area contributed by atoms with Crippen LogP contribution in [-0.4, -0.2) is 48.7 Å². The predicted octanol–water partition coefficient (Wildman–Crippen LogP) is 4.51. The van der Waals surface area contributed by atoms with E-state index in [1.807, 2.05) is 9.30 Å². The third kappa shape index (κ3) is 4.55. The molecule has 3 N–H and O–H groups in total. The summed E-state index contributed by atoms with van der Waals surface area (Å²) in [6, 6.07) is 8.44. The molecule has 2 aliphatic rings. The van der Waals surface area contributed by atoms with Crippen LogP contribution >= 0.6 is 0 Å². The summed E-state index contributed by atoms with van der Waals surface area (Å²) in [6.45, 7) is 0.604. The number of anilines is 2. The normalized spacial score (nSPS) is 19.4. The summed E-state index contributed by atoms with van der Waals surface area (Å²) in [6.07, 6.45) is 3.18. The van der Waals surface area contributed by atoms with Crippen LogP contribution in [0.25, 0.3) is 16.8 Å². The third-order valence-electron chi connectivity index (χ3n) is 7.44. The zero-order valence-electron chi connectivity index (χ0n) is 20.7. The standard InChI is InChI=1S/C27H24F3N7O2/c28-27(29,30)18-9-10-32-20(13-18)34-26(39)16-3-1-15(2-4-16)22-23-24(31)33-11-12-36(23)25(35-22)17-5-6-19-7-8-21(38)37(19)14-17/h1-4,9-13,17,19H,5-8,14H2,(H2,31,33)(H,32,34,39). The highest BCUT2D eigenvalue weighted by Crippen LogP contribution is 2.38. The van der Waals surface area contributed by atoms with Crippen LogP contribution in [0.1, 0.15) is 53.3 Å². The molecule has 2 aliphatic heterocycles. The lowest BCUT2D eigenvalue weighted by molar-refractivity contribution is -0.137. The Morgan fingerprint density at radius 3 is 2.62 bits per heavy atom. The lowest BCUT2D eigenvalue weighted by atomic mass is 9.92. The molecule has 2 unspecified atom stereocenters. The van der Waals surface area contributed by atoms with Gasteiger partial charge in [-0.1, -0.05) is 12.1 Å². The number of rotatable bonds is 4. The zero-order chi connectivity index (χ0) is 27.3. The van der Waals surface area contributed by atoms with Crippen LogP contribution in [0.3, 0.4) is 0 Å². The molecule has 12 heteroatoms. The molecule has 39 heavy (non-hydrogen) atoms. The van der Waals surface area contributed by atoms with Gasteiger partial charge < -0.3 is 16.0 Å². The SMILES string of the molecule is Nc1nccn2c(C3CCC4CCC(=O)N4C3)nc(-c3ccc(C(=O)Nc4cc(C(F)(F)F)ccn4)cc3)c12. The van der Waals surface area contributed by atoms with Crippen LogP contribution in [0.2, 0.25) is 0 Å². The Bertz CT molecular complexity index is 1580. The van der Waals surface area contributed by atoms with E-state index in [1.165, 1.54) is 0 Å². The van der Waals surface area contributed by atoms with Crippen molar-refractivity contribution in [3.63, 3.8) is 0 Å². The summed E-state index contributed by atoms with van der Waals surface area (Å²) >= 11 is 0. The van der Waals surface area contributed by atoms with E-state index < -0.39 is 17.6 Å². The van der Waals surface area contributed by atoms with Crippen LogP contribution < -0.4 is 11.1 Å². The fourth-order valence-corrected chi connectivity index (χ4v) is 5.50. The largest absolute Gasteiger partial charge is 0.416 e. The Balaban J connectivity index is 1.28. The molecule has 0 bridgehead atoms. The quantitative estimate of drug-likeness (QED) is 0.397. The fourth-order valence-electron chi connectivity index (χ4n) is 5.50. The van der Waals surface area contributed by atoms with Gasteiger partial charge in [0.25, 0.3) is 5.91 Å². The molecule has 6 rings (SSSR count). The first kappa shape index (κ1) is 24.8. The monoisotopic (exact) mass is 535 g/mol. The molecule has 3 aromatic heterocycles. The number of carbonyl (C=O) groups is 2. The summed E-state index contributed by atoms with van der Waals surface area (Å²) in [5.41, 5.74) is 7.51. The van der Waals surface area contributed by atoms with Gasteiger partial charge in [0, 0.05) is 54.6 Å². The third-order valence-corrected chi connectivity index (χ3v) is 7.44. The Hall–Kier alpha value is -4.48. The van der Waals surface area contributed by atoms with E-state index in [0.717, 1.165) is 43.4 Å². The summed E-state index contributed by atoms with van der Waals surface area (Å²) in [7, 11) is 0. The molecule has 1 aromatic carbocycles. The number of nitrogens with two attached hydrogens (primary N) is 1. The molecule has 0 radical (unpaired) electrons. The van der Waals surface area contributed by atoms with E-state index in [0.29, 0.717) is 41.6 Å². The van der Waals surface area contributed by atoms with Gasteiger partial charge in [0.2, 0.25) is 5.91 Å². The van der Waals surface area contributed by atoms with Crippen LogP contribution in [0, 0.1) is 0 Å². The van der Waals surface area contributed by atoms with Gasteiger partial charge in [0.05, 0.1) is 5.56 Å². The number of piperidine rings is 1. The molecular weight excluding hydrogens is 511 g/mol. The van der Waals surface area contributed by atoms with E-state index in [-0.39, 0.29) is 23.2 Å². The number of hydrogen-bond acceptors (Lipinski definition) is 6. The highest BCUT2D eigenvalue weighted by molar-refractivity contribution is 6.04. The van der Waals surface area contributed by atoms with E-state index >= 15 is 0 Å². The van der Waals surface area contributed by atoms with Crippen molar-refractivity contribution >= 4 is 29.0 Å². The summed E-state index contributed by atoms with van der Waals surface area (Å²) in [4.78, 5) is 40.0. The molecule has 2 saturated heterocycles. The van der Waals surface area contributed by atoms with Gasteiger partial charge in [-0.3, -0.25) is 14.0 Å². The molecule has 5 heterocycles. The smallest absolute Gasteiger partial charge is 0.382 e. The first-order valence-corrected chi connectivity index (χ1v) is 12.6. The van der Waals surface area contributed by atoms with Crippen molar-refractivity contribution in [3.8, 4) is 11.3 Å². The van der Waals surface area contributed by atoms with E-state index in [2.05, 4.69) is 15.3 Å². The topological polar surface area (TPSA) is 119 Å². The molecule has 4 aromatic rings. The number of pyridine rings is 1. The highest BCUT2D eigenvalue weighted by atomic mass is 19.4. The number of fused-ring (bicyclic) bond motifs is 2. The number of amides is 2. The van der Waals surface area contributed by atoms with Gasteiger partial charge in [-0.2, -0.15) is 13.2 Å². The molecule has 0 saturated carbocycles. The van der Waals surface area contributed by atoms with Gasteiger partial charge in [-0.15, -0.1) is 0 Å². The Kier molecular flexibility index (Phi) is 5.96. The minimum Gasteiger partial charge on any atom is -0.382 e. The van der Waals surface area contributed by atoms with Crippen molar-refractivity contribution in [2.75, 3.05) is 17.6 Å². The Morgan fingerprint density at radius 2 is 1.85 bits per heavy atom. The van der Waals surface area contributed by atoms with Crippen molar-refractivity contribution in [3.05, 3.63) is 71.9 Å². The summed E-state index contributed by atoms with van der Waals surface area (Å²) in [5, 5.41) is 2.41. The minimum absolute atomic E-state index is 0.0383. The molecule has 0 spiro atoms.